The van der Waals surface area contributed by atoms with E-state index in [2.05, 4.69) is 5.32 Å². The zero-order valence-corrected chi connectivity index (χ0v) is 16.5. The molecule has 0 saturated carbocycles. The Hall–Kier alpha value is -2.12. The van der Waals surface area contributed by atoms with Crippen molar-refractivity contribution in [2.45, 2.75) is 38.5 Å². The first-order valence-corrected chi connectivity index (χ1v) is 10.2. The lowest BCUT2D eigenvalue weighted by molar-refractivity contribution is 0.101. The number of benzene rings is 1. The molecule has 7 heteroatoms. The number of nitrogens with zero attached hydrogens (tertiary/aromatic N) is 2. The van der Waals surface area contributed by atoms with E-state index in [1.54, 1.807) is 18.5 Å². The summed E-state index contributed by atoms with van der Waals surface area (Å²) in [5.41, 5.74) is 3.65. The predicted octanol–water partition coefficient (Wildman–Crippen LogP) is 2.99. The Morgan fingerprint density at radius 2 is 1.73 bits per heavy atom. The van der Waals surface area contributed by atoms with E-state index in [-0.39, 0.29) is 10.8 Å². The summed E-state index contributed by atoms with van der Waals surface area (Å²) in [7, 11) is -1.84. The van der Waals surface area contributed by atoms with Crippen LogP contribution in [0, 0.1) is 20.8 Å². The van der Waals surface area contributed by atoms with Gasteiger partial charge in [-0.1, -0.05) is 12.1 Å². The summed E-state index contributed by atoms with van der Waals surface area (Å²) >= 11 is 0. The van der Waals surface area contributed by atoms with Crippen LogP contribution in [0.15, 0.2) is 29.2 Å². The molecule has 140 valence electrons. The van der Waals surface area contributed by atoms with Crippen LogP contribution in [0.4, 0.5) is 5.69 Å². The van der Waals surface area contributed by atoms with Gasteiger partial charge < -0.3 is 9.88 Å². The van der Waals surface area contributed by atoms with Gasteiger partial charge in [0, 0.05) is 31.5 Å². The molecule has 1 aromatic carbocycles. The molecule has 1 fully saturated rings. The lowest BCUT2D eigenvalue weighted by atomic mass is 10.1. The fourth-order valence-electron chi connectivity index (χ4n) is 3.27. The molecule has 1 N–H and O–H groups in total. The summed E-state index contributed by atoms with van der Waals surface area (Å²) in [4.78, 5) is 13.0. The van der Waals surface area contributed by atoms with Crippen LogP contribution in [0.2, 0.25) is 0 Å². The lowest BCUT2D eigenvalue weighted by Gasteiger charge is -2.15. The Bertz CT molecular complexity index is 955. The number of hydrogen-bond acceptors (Lipinski definition) is 3. The van der Waals surface area contributed by atoms with E-state index in [9.17, 15) is 13.2 Å². The number of aryl methyl sites for hydroxylation is 2. The summed E-state index contributed by atoms with van der Waals surface area (Å²) < 4.78 is 28.9. The van der Waals surface area contributed by atoms with E-state index in [1.165, 1.54) is 10.4 Å². The summed E-state index contributed by atoms with van der Waals surface area (Å²) in [5, 5.41) is 2.90. The molecule has 1 aliphatic rings. The summed E-state index contributed by atoms with van der Waals surface area (Å²) in [6, 6.07) is 7.33. The van der Waals surface area contributed by atoms with Gasteiger partial charge in [0.15, 0.2) is 0 Å². The van der Waals surface area contributed by atoms with E-state index in [4.69, 9.17) is 0 Å². The van der Waals surface area contributed by atoms with Gasteiger partial charge in [-0.25, -0.2) is 8.42 Å². The monoisotopic (exact) mass is 375 g/mol. The van der Waals surface area contributed by atoms with Crippen LogP contribution in [0.5, 0.6) is 0 Å². The predicted molar refractivity (Wildman–Crippen MR) is 102 cm³/mol. The molecule has 0 bridgehead atoms. The van der Waals surface area contributed by atoms with E-state index >= 15 is 0 Å². The van der Waals surface area contributed by atoms with Crippen LogP contribution < -0.4 is 5.32 Å². The Balaban J connectivity index is 1.94. The van der Waals surface area contributed by atoms with Crippen LogP contribution in [0.3, 0.4) is 0 Å². The highest BCUT2D eigenvalue weighted by atomic mass is 32.2. The van der Waals surface area contributed by atoms with Crippen LogP contribution in [0.1, 0.15) is 40.2 Å². The molecule has 0 radical (unpaired) electrons. The largest absolute Gasteiger partial charge is 0.343 e. The first-order valence-electron chi connectivity index (χ1n) is 8.77. The molecule has 0 atom stereocenters. The molecule has 0 unspecified atom stereocenters. The number of carbonyl (C=O) groups is 1. The minimum atomic E-state index is -3.56. The first kappa shape index (κ1) is 18.7. The quantitative estimate of drug-likeness (QED) is 0.893. The zero-order chi connectivity index (χ0) is 19.1. The van der Waals surface area contributed by atoms with E-state index in [1.807, 2.05) is 32.0 Å². The number of nitrogens with one attached hydrogen (secondary N) is 1. The molecule has 3 rings (SSSR count). The molecule has 2 aromatic rings. The van der Waals surface area contributed by atoms with Crippen molar-refractivity contribution < 1.29 is 13.2 Å². The minimum Gasteiger partial charge on any atom is -0.343 e. The highest BCUT2D eigenvalue weighted by Crippen LogP contribution is 2.27. The third-order valence-electron chi connectivity index (χ3n) is 5.05. The van der Waals surface area contributed by atoms with E-state index < -0.39 is 10.0 Å². The average Bonchev–Trinajstić information content (AvgIpc) is 3.21. The van der Waals surface area contributed by atoms with Gasteiger partial charge in [-0.3, -0.25) is 4.79 Å². The molecule has 0 aliphatic carbocycles. The number of anilines is 1. The van der Waals surface area contributed by atoms with Gasteiger partial charge in [-0.2, -0.15) is 4.31 Å². The van der Waals surface area contributed by atoms with Crippen molar-refractivity contribution in [3.63, 3.8) is 0 Å². The maximum Gasteiger partial charge on any atom is 0.272 e. The highest BCUT2D eigenvalue weighted by Gasteiger charge is 2.31. The van der Waals surface area contributed by atoms with Crippen LogP contribution in [-0.2, 0) is 17.1 Å². The molecular weight excluding hydrogens is 350 g/mol. The summed E-state index contributed by atoms with van der Waals surface area (Å²) in [6.45, 7) is 6.70. The molecular formula is C19H25N3O3S. The summed E-state index contributed by atoms with van der Waals surface area (Å²) in [5.74, 6) is -0.313. The second-order valence-electron chi connectivity index (χ2n) is 6.92. The summed E-state index contributed by atoms with van der Waals surface area (Å²) in [6.07, 6.45) is 1.76. The molecule has 1 amide bonds. The molecule has 6 nitrogen and oxygen atoms in total. The van der Waals surface area contributed by atoms with Gasteiger partial charge in [-0.15, -0.1) is 0 Å². The van der Waals surface area contributed by atoms with Gasteiger partial charge in [0.05, 0.1) is 0 Å². The van der Waals surface area contributed by atoms with Gasteiger partial charge in [0.25, 0.3) is 5.91 Å². The maximum absolute atomic E-state index is 12.9. The molecule has 0 spiro atoms. The normalized spacial score (nSPS) is 15.4. The second-order valence-corrected chi connectivity index (χ2v) is 8.83. The topological polar surface area (TPSA) is 71.4 Å². The highest BCUT2D eigenvalue weighted by molar-refractivity contribution is 7.89. The van der Waals surface area contributed by atoms with Gasteiger partial charge in [0.2, 0.25) is 10.0 Å². The van der Waals surface area contributed by atoms with E-state index in [0.717, 1.165) is 29.7 Å². The number of carbonyl (C=O) groups excluding carboxylic acids is 1. The number of amides is 1. The van der Waals surface area contributed by atoms with Crippen molar-refractivity contribution in [2.24, 2.45) is 7.05 Å². The van der Waals surface area contributed by atoms with E-state index in [0.29, 0.717) is 24.5 Å². The molecule has 26 heavy (non-hydrogen) atoms. The van der Waals surface area contributed by atoms with Crippen molar-refractivity contribution in [3.8, 4) is 0 Å². The van der Waals surface area contributed by atoms with Crippen molar-refractivity contribution in [3.05, 3.63) is 46.8 Å². The maximum atomic E-state index is 12.9. The van der Waals surface area contributed by atoms with Crippen molar-refractivity contribution in [1.29, 1.82) is 0 Å². The van der Waals surface area contributed by atoms with Crippen LogP contribution in [0.25, 0.3) is 0 Å². The zero-order valence-electron chi connectivity index (χ0n) is 15.7. The number of hydrogen-bond donors (Lipinski definition) is 1. The Morgan fingerprint density at radius 1 is 1.08 bits per heavy atom. The first-order chi connectivity index (χ1) is 12.2. The second kappa shape index (κ2) is 6.89. The molecule has 1 aromatic heterocycles. The molecule has 1 saturated heterocycles. The SMILES string of the molecule is Cc1ccc(C)c(NC(=O)c2cc(S(=O)(=O)N3CCCC3)c(C)n2C)c1. The number of aromatic nitrogens is 1. The lowest BCUT2D eigenvalue weighted by Crippen LogP contribution is -2.28. The number of sulfonamides is 1. The fourth-order valence-corrected chi connectivity index (χ4v) is 5.06. The average molecular weight is 375 g/mol. The van der Waals surface area contributed by atoms with Crippen LogP contribution in [-0.4, -0.2) is 36.3 Å². The van der Waals surface area contributed by atoms with Gasteiger partial charge in [0.1, 0.15) is 10.6 Å². The third-order valence-corrected chi connectivity index (χ3v) is 7.06. The van der Waals surface area contributed by atoms with Crippen molar-refractivity contribution in [1.82, 2.24) is 8.87 Å². The number of rotatable bonds is 4. The standard InChI is InChI=1S/C19H25N3O3S/c1-13-7-8-14(2)16(11-13)20-19(23)17-12-18(15(3)21(17)4)26(24,25)22-9-5-6-10-22/h7-8,11-12H,5-6,9-10H2,1-4H3,(H,20,23). The third kappa shape index (κ3) is 3.29. The van der Waals surface area contributed by atoms with Gasteiger partial charge >= 0.3 is 0 Å². The van der Waals surface area contributed by atoms with Crippen molar-refractivity contribution in [2.75, 3.05) is 18.4 Å². The minimum absolute atomic E-state index is 0.216. The Labute approximate surface area is 154 Å². The fraction of sp³-hybridized carbons (Fsp3) is 0.421. The Morgan fingerprint density at radius 3 is 2.38 bits per heavy atom. The van der Waals surface area contributed by atoms with Crippen LogP contribution >= 0.6 is 0 Å². The molecule has 2 heterocycles. The smallest absolute Gasteiger partial charge is 0.272 e. The molecule has 1 aliphatic heterocycles. The van der Waals surface area contributed by atoms with Gasteiger partial charge in [-0.05, 0) is 56.9 Å². The Kier molecular flexibility index (Phi) is 4.94. The van der Waals surface area contributed by atoms with Crippen molar-refractivity contribution >= 4 is 21.6 Å².